The standard InChI is InChI=1S/C12H17NO3/c1-13-12(7-16-8-12)10-6-9(14-2)4-5-11(10)15-3/h4-6,13H,7-8H2,1-3H3. The summed E-state index contributed by atoms with van der Waals surface area (Å²) >= 11 is 0. The van der Waals surface area contributed by atoms with Crippen molar-refractivity contribution < 1.29 is 14.2 Å². The molecule has 0 amide bonds. The van der Waals surface area contributed by atoms with Crippen molar-refractivity contribution in [3.63, 3.8) is 0 Å². The molecular weight excluding hydrogens is 206 g/mol. The number of benzene rings is 1. The lowest BCUT2D eigenvalue weighted by atomic mass is 9.87. The minimum absolute atomic E-state index is 0.139. The molecule has 1 aliphatic heterocycles. The number of hydrogen-bond donors (Lipinski definition) is 1. The first-order valence-corrected chi connectivity index (χ1v) is 5.25. The monoisotopic (exact) mass is 223 g/mol. The summed E-state index contributed by atoms with van der Waals surface area (Å²) in [6, 6.07) is 5.81. The summed E-state index contributed by atoms with van der Waals surface area (Å²) in [6.45, 7) is 1.32. The van der Waals surface area contributed by atoms with Crippen molar-refractivity contribution in [1.29, 1.82) is 0 Å². The molecule has 0 radical (unpaired) electrons. The number of nitrogens with one attached hydrogen (secondary N) is 1. The van der Waals surface area contributed by atoms with Gasteiger partial charge in [0.15, 0.2) is 0 Å². The van der Waals surface area contributed by atoms with Crippen molar-refractivity contribution in [2.24, 2.45) is 0 Å². The van der Waals surface area contributed by atoms with Crippen LogP contribution in [0.25, 0.3) is 0 Å². The van der Waals surface area contributed by atoms with E-state index in [1.54, 1.807) is 14.2 Å². The van der Waals surface area contributed by atoms with Crippen molar-refractivity contribution in [2.45, 2.75) is 5.54 Å². The Hall–Kier alpha value is -1.26. The van der Waals surface area contributed by atoms with E-state index in [-0.39, 0.29) is 5.54 Å². The number of methoxy groups -OCH3 is 2. The second-order valence-corrected chi connectivity index (χ2v) is 3.89. The summed E-state index contributed by atoms with van der Waals surface area (Å²) in [7, 11) is 5.27. The second-order valence-electron chi connectivity index (χ2n) is 3.89. The molecule has 4 heteroatoms. The maximum atomic E-state index is 5.38. The number of rotatable bonds is 4. The van der Waals surface area contributed by atoms with Crippen molar-refractivity contribution in [1.82, 2.24) is 5.32 Å². The summed E-state index contributed by atoms with van der Waals surface area (Å²) in [6.07, 6.45) is 0. The number of likely N-dealkylation sites (N-methyl/N-ethyl adjacent to an activating group) is 1. The molecule has 0 unspecified atom stereocenters. The maximum Gasteiger partial charge on any atom is 0.124 e. The normalized spacial score (nSPS) is 17.7. The van der Waals surface area contributed by atoms with Gasteiger partial charge in [-0.2, -0.15) is 0 Å². The SMILES string of the molecule is CNC1(c2cc(OC)ccc2OC)COC1. The molecule has 1 fully saturated rings. The molecule has 1 aromatic rings. The van der Waals surface area contributed by atoms with E-state index in [4.69, 9.17) is 14.2 Å². The quantitative estimate of drug-likeness (QED) is 0.831. The Labute approximate surface area is 95.5 Å². The molecule has 88 valence electrons. The summed E-state index contributed by atoms with van der Waals surface area (Å²) in [5, 5.41) is 3.30. The van der Waals surface area contributed by atoms with Crippen molar-refractivity contribution in [2.75, 3.05) is 34.5 Å². The first kappa shape index (κ1) is 11.2. The topological polar surface area (TPSA) is 39.7 Å². The molecule has 1 heterocycles. The zero-order chi connectivity index (χ0) is 11.6. The van der Waals surface area contributed by atoms with Crippen LogP contribution in [0, 0.1) is 0 Å². The van der Waals surface area contributed by atoms with Gasteiger partial charge < -0.3 is 19.5 Å². The van der Waals surface area contributed by atoms with Gasteiger partial charge in [-0.3, -0.25) is 0 Å². The molecule has 0 bridgehead atoms. The fraction of sp³-hybridized carbons (Fsp3) is 0.500. The van der Waals surface area contributed by atoms with Crippen LogP contribution >= 0.6 is 0 Å². The molecule has 4 nitrogen and oxygen atoms in total. The first-order chi connectivity index (χ1) is 7.75. The summed E-state index contributed by atoms with van der Waals surface area (Å²) in [5.41, 5.74) is 0.947. The molecule has 0 spiro atoms. The Morgan fingerprint density at radius 2 is 2.00 bits per heavy atom. The highest BCUT2D eigenvalue weighted by atomic mass is 16.5. The Morgan fingerprint density at radius 3 is 2.44 bits per heavy atom. The van der Waals surface area contributed by atoms with Gasteiger partial charge in [0.05, 0.1) is 33.0 Å². The average molecular weight is 223 g/mol. The smallest absolute Gasteiger partial charge is 0.124 e. The molecule has 0 aliphatic carbocycles. The Balaban J connectivity index is 2.43. The molecule has 16 heavy (non-hydrogen) atoms. The van der Waals surface area contributed by atoms with Crippen LogP contribution in [0.5, 0.6) is 11.5 Å². The Bertz CT molecular complexity index is 369. The number of ether oxygens (including phenoxy) is 3. The number of hydrogen-bond acceptors (Lipinski definition) is 4. The van der Waals surface area contributed by atoms with Crippen LogP contribution in [0.15, 0.2) is 18.2 Å². The van der Waals surface area contributed by atoms with Gasteiger partial charge in [-0.05, 0) is 25.2 Å². The van der Waals surface area contributed by atoms with Crippen molar-refractivity contribution in [3.8, 4) is 11.5 Å². The minimum atomic E-state index is -0.139. The van der Waals surface area contributed by atoms with E-state index in [9.17, 15) is 0 Å². The highest BCUT2D eigenvalue weighted by Gasteiger charge is 2.41. The largest absolute Gasteiger partial charge is 0.497 e. The van der Waals surface area contributed by atoms with E-state index in [1.807, 2.05) is 25.2 Å². The van der Waals surface area contributed by atoms with E-state index in [0.29, 0.717) is 13.2 Å². The maximum absolute atomic E-state index is 5.38. The second kappa shape index (κ2) is 4.31. The first-order valence-electron chi connectivity index (χ1n) is 5.25. The van der Waals surface area contributed by atoms with Crippen LogP contribution in [0.2, 0.25) is 0 Å². The van der Waals surface area contributed by atoms with Crippen LogP contribution in [-0.2, 0) is 10.3 Å². The molecule has 2 rings (SSSR count). The summed E-state index contributed by atoms with van der Waals surface area (Å²) < 4.78 is 15.9. The highest BCUT2D eigenvalue weighted by molar-refractivity contribution is 5.45. The fourth-order valence-corrected chi connectivity index (χ4v) is 1.93. The Kier molecular flexibility index (Phi) is 3.03. The summed E-state index contributed by atoms with van der Waals surface area (Å²) in [4.78, 5) is 0. The van der Waals surface area contributed by atoms with Gasteiger partial charge in [0, 0.05) is 5.56 Å². The third-order valence-electron chi connectivity index (χ3n) is 3.10. The zero-order valence-corrected chi connectivity index (χ0v) is 9.87. The molecule has 0 aromatic heterocycles. The third-order valence-corrected chi connectivity index (χ3v) is 3.10. The van der Waals surface area contributed by atoms with Crippen molar-refractivity contribution in [3.05, 3.63) is 23.8 Å². The molecule has 1 aliphatic rings. The molecule has 1 N–H and O–H groups in total. The predicted octanol–water partition coefficient (Wildman–Crippen LogP) is 1.15. The van der Waals surface area contributed by atoms with Crippen LogP contribution < -0.4 is 14.8 Å². The highest BCUT2D eigenvalue weighted by Crippen LogP contribution is 2.37. The van der Waals surface area contributed by atoms with Gasteiger partial charge in [-0.1, -0.05) is 0 Å². The van der Waals surface area contributed by atoms with E-state index >= 15 is 0 Å². The zero-order valence-electron chi connectivity index (χ0n) is 9.87. The van der Waals surface area contributed by atoms with Gasteiger partial charge in [0.25, 0.3) is 0 Å². The van der Waals surface area contributed by atoms with Crippen molar-refractivity contribution >= 4 is 0 Å². The van der Waals surface area contributed by atoms with E-state index in [0.717, 1.165) is 17.1 Å². The lowest BCUT2D eigenvalue weighted by Crippen LogP contribution is -2.56. The van der Waals surface area contributed by atoms with Gasteiger partial charge >= 0.3 is 0 Å². The van der Waals surface area contributed by atoms with Crippen LogP contribution in [0.3, 0.4) is 0 Å². The van der Waals surface area contributed by atoms with Gasteiger partial charge in [-0.25, -0.2) is 0 Å². The average Bonchev–Trinajstić information content (AvgIpc) is 2.28. The lowest BCUT2D eigenvalue weighted by molar-refractivity contribution is -0.0757. The minimum Gasteiger partial charge on any atom is -0.497 e. The fourth-order valence-electron chi connectivity index (χ4n) is 1.93. The molecular formula is C12H17NO3. The van der Waals surface area contributed by atoms with E-state index < -0.39 is 0 Å². The van der Waals surface area contributed by atoms with Crippen LogP contribution in [-0.4, -0.2) is 34.5 Å². The van der Waals surface area contributed by atoms with Crippen LogP contribution in [0.1, 0.15) is 5.56 Å². The molecule has 1 saturated heterocycles. The molecule has 0 atom stereocenters. The third kappa shape index (κ3) is 1.64. The Morgan fingerprint density at radius 1 is 1.25 bits per heavy atom. The van der Waals surface area contributed by atoms with E-state index in [2.05, 4.69) is 5.32 Å². The van der Waals surface area contributed by atoms with E-state index in [1.165, 1.54) is 0 Å². The van der Waals surface area contributed by atoms with Gasteiger partial charge in [-0.15, -0.1) is 0 Å². The molecule has 0 saturated carbocycles. The van der Waals surface area contributed by atoms with Crippen LogP contribution in [0.4, 0.5) is 0 Å². The summed E-state index contributed by atoms with van der Waals surface area (Å²) in [5.74, 6) is 1.69. The van der Waals surface area contributed by atoms with Gasteiger partial charge in [0.2, 0.25) is 0 Å². The van der Waals surface area contributed by atoms with Gasteiger partial charge in [0.1, 0.15) is 11.5 Å². The lowest BCUT2D eigenvalue weighted by Gasteiger charge is -2.42. The predicted molar refractivity (Wildman–Crippen MR) is 61.1 cm³/mol. The molecule has 1 aromatic carbocycles.